The third-order valence-corrected chi connectivity index (χ3v) is 5.23. The lowest BCUT2D eigenvalue weighted by Gasteiger charge is -2.19. The average molecular weight is 399 g/mol. The predicted octanol–water partition coefficient (Wildman–Crippen LogP) is 4.23. The number of carbonyl (C=O) groups excluding carboxylic acids is 3. The number of fused-ring (bicyclic) bond motifs is 1. The van der Waals surface area contributed by atoms with Crippen LogP contribution >= 0.6 is 11.8 Å². The number of hydrogen-bond acceptors (Lipinski definition) is 6. The molecule has 1 fully saturated rings. The van der Waals surface area contributed by atoms with Gasteiger partial charge in [-0.1, -0.05) is 30.3 Å². The Hall–Kier alpha value is -2.80. The number of imide groups is 1. The standard InChI is InChI=1S/C21H21NO5S/c1-4-26-17-11-10-14-8-6-7-9-15(14)16(17)12-18-19(23)22(21(25)28-18)13(3)20(24)27-5-2/h6-13H,4-5H2,1-3H3/b18-12+/t13-/m1/s1. The maximum absolute atomic E-state index is 12.8. The number of nitrogens with zero attached hydrogens (tertiary/aromatic N) is 1. The van der Waals surface area contributed by atoms with Gasteiger partial charge in [0.2, 0.25) is 0 Å². The second-order valence-corrected chi connectivity index (χ2v) is 7.10. The zero-order valence-corrected chi connectivity index (χ0v) is 16.7. The van der Waals surface area contributed by atoms with Crippen molar-refractivity contribution in [3.05, 3.63) is 46.9 Å². The third-order valence-electron chi connectivity index (χ3n) is 4.34. The summed E-state index contributed by atoms with van der Waals surface area (Å²) in [6.07, 6.45) is 1.66. The van der Waals surface area contributed by atoms with E-state index >= 15 is 0 Å². The Morgan fingerprint density at radius 2 is 1.89 bits per heavy atom. The molecule has 1 heterocycles. The number of hydrogen-bond donors (Lipinski definition) is 0. The summed E-state index contributed by atoms with van der Waals surface area (Å²) in [5.41, 5.74) is 0.731. The Balaban J connectivity index is 2.02. The van der Waals surface area contributed by atoms with E-state index in [2.05, 4.69) is 0 Å². The highest BCUT2D eigenvalue weighted by molar-refractivity contribution is 8.18. The van der Waals surface area contributed by atoms with Crippen LogP contribution in [0.25, 0.3) is 16.8 Å². The van der Waals surface area contributed by atoms with Gasteiger partial charge in [0.15, 0.2) is 0 Å². The van der Waals surface area contributed by atoms with Crippen molar-refractivity contribution in [1.29, 1.82) is 0 Å². The molecule has 0 radical (unpaired) electrons. The maximum atomic E-state index is 12.8. The van der Waals surface area contributed by atoms with E-state index in [1.165, 1.54) is 6.92 Å². The lowest BCUT2D eigenvalue weighted by atomic mass is 10.0. The van der Waals surface area contributed by atoms with E-state index in [0.29, 0.717) is 12.4 Å². The lowest BCUT2D eigenvalue weighted by Crippen LogP contribution is -2.42. The quantitative estimate of drug-likeness (QED) is 0.535. The first-order chi connectivity index (χ1) is 13.5. The highest BCUT2D eigenvalue weighted by atomic mass is 32.2. The van der Waals surface area contributed by atoms with E-state index in [0.717, 1.165) is 33.0 Å². The number of amides is 2. The molecule has 1 atom stereocenters. The van der Waals surface area contributed by atoms with Crippen molar-refractivity contribution >= 4 is 45.7 Å². The molecule has 0 aliphatic carbocycles. The van der Waals surface area contributed by atoms with Crippen molar-refractivity contribution < 1.29 is 23.9 Å². The van der Waals surface area contributed by atoms with Crippen LogP contribution in [0.2, 0.25) is 0 Å². The molecular weight excluding hydrogens is 378 g/mol. The first-order valence-corrected chi connectivity index (χ1v) is 9.87. The Bertz CT molecular complexity index is 968. The zero-order valence-electron chi connectivity index (χ0n) is 15.9. The van der Waals surface area contributed by atoms with E-state index in [1.54, 1.807) is 13.0 Å². The van der Waals surface area contributed by atoms with E-state index in [4.69, 9.17) is 9.47 Å². The van der Waals surface area contributed by atoms with Gasteiger partial charge in [-0.05, 0) is 55.4 Å². The normalized spacial score (nSPS) is 16.7. The minimum Gasteiger partial charge on any atom is -0.493 e. The van der Waals surface area contributed by atoms with Gasteiger partial charge in [-0.3, -0.25) is 14.5 Å². The Kier molecular flexibility index (Phi) is 6.04. The fourth-order valence-electron chi connectivity index (χ4n) is 3.02. The summed E-state index contributed by atoms with van der Waals surface area (Å²) in [4.78, 5) is 38.4. The van der Waals surface area contributed by atoms with E-state index < -0.39 is 23.2 Å². The van der Waals surface area contributed by atoms with Crippen LogP contribution in [0.3, 0.4) is 0 Å². The summed E-state index contributed by atoms with van der Waals surface area (Å²) >= 11 is 0.811. The van der Waals surface area contributed by atoms with Crippen molar-refractivity contribution in [3.8, 4) is 5.75 Å². The van der Waals surface area contributed by atoms with Gasteiger partial charge < -0.3 is 9.47 Å². The largest absolute Gasteiger partial charge is 0.493 e. The molecular formula is C21H21NO5S. The molecule has 146 valence electrons. The van der Waals surface area contributed by atoms with Crippen LogP contribution in [-0.2, 0) is 14.3 Å². The van der Waals surface area contributed by atoms with E-state index in [1.807, 2.05) is 43.3 Å². The van der Waals surface area contributed by atoms with Crippen molar-refractivity contribution in [2.75, 3.05) is 13.2 Å². The Morgan fingerprint density at radius 3 is 2.61 bits per heavy atom. The molecule has 2 aromatic rings. The third kappa shape index (κ3) is 3.75. The van der Waals surface area contributed by atoms with Crippen LogP contribution in [0, 0.1) is 0 Å². The molecule has 0 bridgehead atoms. The van der Waals surface area contributed by atoms with Crippen molar-refractivity contribution in [3.63, 3.8) is 0 Å². The summed E-state index contributed by atoms with van der Waals surface area (Å²) in [5, 5.41) is 1.42. The van der Waals surface area contributed by atoms with Gasteiger partial charge in [-0.2, -0.15) is 0 Å². The topological polar surface area (TPSA) is 72.9 Å². The average Bonchev–Trinajstić information content (AvgIpc) is 2.96. The number of ether oxygens (including phenoxy) is 2. The summed E-state index contributed by atoms with van der Waals surface area (Å²) < 4.78 is 10.7. The fourth-order valence-corrected chi connectivity index (χ4v) is 3.91. The second-order valence-electron chi connectivity index (χ2n) is 6.11. The van der Waals surface area contributed by atoms with Crippen molar-refractivity contribution in [1.82, 2.24) is 4.90 Å². The van der Waals surface area contributed by atoms with E-state index in [-0.39, 0.29) is 11.5 Å². The minimum atomic E-state index is -0.975. The molecule has 6 nitrogen and oxygen atoms in total. The molecule has 7 heteroatoms. The second kappa shape index (κ2) is 8.48. The Morgan fingerprint density at radius 1 is 1.14 bits per heavy atom. The molecule has 3 rings (SSSR count). The molecule has 1 aliphatic rings. The molecule has 0 unspecified atom stereocenters. The first kappa shape index (κ1) is 19.9. The van der Waals surface area contributed by atoms with Gasteiger partial charge in [0.25, 0.3) is 11.1 Å². The highest BCUT2D eigenvalue weighted by Gasteiger charge is 2.41. The molecule has 0 spiro atoms. The van der Waals surface area contributed by atoms with Crippen molar-refractivity contribution in [2.45, 2.75) is 26.8 Å². The smallest absolute Gasteiger partial charge is 0.329 e. The molecule has 2 amide bonds. The summed E-state index contributed by atoms with van der Waals surface area (Å²) in [5.74, 6) is -0.483. The highest BCUT2D eigenvalue weighted by Crippen LogP contribution is 2.37. The monoisotopic (exact) mass is 399 g/mol. The molecule has 0 saturated carbocycles. The number of benzene rings is 2. The molecule has 0 N–H and O–H groups in total. The van der Waals surface area contributed by atoms with Gasteiger partial charge in [0.05, 0.1) is 18.1 Å². The summed E-state index contributed by atoms with van der Waals surface area (Å²) in [6.45, 7) is 5.70. The first-order valence-electron chi connectivity index (χ1n) is 9.06. The number of esters is 1. The summed E-state index contributed by atoms with van der Waals surface area (Å²) in [6, 6.07) is 10.6. The predicted molar refractivity (Wildman–Crippen MR) is 109 cm³/mol. The molecule has 2 aromatic carbocycles. The van der Waals surface area contributed by atoms with Gasteiger partial charge >= 0.3 is 5.97 Å². The van der Waals surface area contributed by atoms with Gasteiger partial charge in [-0.25, -0.2) is 4.79 Å². The van der Waals surface area contributed by atoms with Gasteiger partial charge in [0, 0.05) is 5.56 Å². The van der Waals surface area contributed by atoms with Crippen LogP contribution in [0.15, 0.2) is 41.3 Å². The van der Waals surface area contributed by atoms with Crippen LogP contribution in [0.4, 0.5) is 4.79 Å². The van der Waals surface area contributed by atoms with Crippen LogP contribution < -0.4 is 4.74 Å². The van der Waals surface area contributed by atoms with Gasteiger partial charge in [-0.15, -0.1) is 0 Å². The SMILES string of the molecule is CCOC(=O)[C@@H](C)N1C(=O)S/C(=C/c2c(OCC)ccc3ccccc23)C1=O. The maximum Gasteiger partial charge on any atom is 0.329 e. The number of carbonyl (C=O) groups is 3. The molecule has 28 heavy (non-hydrogen) atoms. The number of thioether (sulfide) groups is 1. The number of rotatable bonds is 6. The van der Waals surface area contributed by atoms with Crippen LogP contribution in [-0.4, -0.2) is 41.3 Å². The van der Waals surface area contributed by atoms with Crippen molar-refractivity contribution in [2.24, 2.45) is 0 Å². The molecule has 1 aliphatic heterocycles. The Labute approximate surface area is 167 Å². The lowest BCUT2D eigenvalue weighted by molar-refractivity contribution is -0.150. The molecule has 0 aromatic heterocycles. The van der Waals surface area contributed by atoms with Crippen LogP contribution in [0.1, 0.15) is 26.3 Å². The minimum absolute atomic E-state index is 0.183. The summed E-state index contributed by atoms with van der Waals surface area (Å²) in [7, 11) is 0. The van der Waals surface area contributed by atoms with E-state index in [9.17, 15) is 14.4 Å². The van der Waals surface area contributed by atoms with Crippen LogP contribution in [0.5, 0.6) is 5.75 Å². The fraction of sp³-hybridized carbons (Fsp3) is 0.286. The van der Waals surface area contributed by atoms with Gasteiger partial charge in [0.1, 0.15) is 11.8 Å². The molecule has 1 saturated heterocycles. The zero-order chi connectivity index (χ0) is 20.3.